The first-order valence-electron chi connectivity index (χ1n) is 8.18. The van der Waals surface area contributed by atoms with E-state index in [9.17, 15) is 9.18 Å². The Morgan fingerprint density at radius 3 is 3.00 bits per heavy atom. The molecule has 24 heavy (non-hydrogen) atoms. The molecule has 1 aromatic heterocycles. The zero-order valence-corrected chi connectivity index (χ0v) is 14.0. The Hall–Kier alpha value is -2.21. The van der Waals surface area contributed by atoms with Crippen LogP contribution in [0.4, 0.5) is 4.39 Å². The number of halogens is 1. The van der Waals surface area contributed by atoms with Crippen molar-refractivity contribution < 1.29 is 13.9 Å². The second-order valence-electron chi connectivity index (χ2n) is 6.33. The van der Waals surface area contributed by atoms with Crippen LogP contribution in [-0.4, -0.2) is 41.1 Å². The predicted molar refractivity (Wildman–Crippen MR) is 88.6 cm³/mol. The van der Waals surface area contributed by atoms with Gasteiger partial charge in [0.2, 0.25) is 0 Å². The van der Waals surface area contributed by atoms with E-state index in [0.717, 1.165) is 30.8 Å². The first kappa shape index (κ1) is 16.6. The Bertz CT molecular complexity index is 729. The summed E-state index contributed by atoms with van der Waals surface area (Å²) < 4.78 is 18.8. The van der Waals surface area contributed by atoms with E-state index in [4.69, 9.17) is 4.74 Å². The average Bonchev–Trinajstić information content (AvgIpc) is 2.99. The van der Waals surface area contributed by atoms with Crippen molar-refractivity contribution in [3.63, 3.8) is 0 Å². The molecule has 3 rings (SSSR count). The number of ether oxygens (including phenoxy) is 1. The topological polar surface area (TPSA) is 58.2 Å². The number of piperidine rings is 1. The molecule has 1 aromatic carbocycles. The number of ketones is 1. The highest BCUT2D eigenvalue weighted by atomic mass is 19.1. The van der Waals surface area contributed by atoms with Gasteiger partial charge < -0.3 is 4.74 Å². The number of carbonyl (C=O) groups excluding carboxylic acids is 1. The standard InChI is InChI=1S/C18H22FN3O2/c1-12-8-15(21-20-12)11-22-7-3-4-13(10-22)18(23)16-9-14(19)5-6-17(16)24-2/h5-6,8-9,13H,3-4,7,10-11H2,1-2H3,(H,20,21)/t13-/m1/s1. The number of Topliss-reactive ketones (excluding diaryl/α,β-unsaturated/α-hetero) is 1. The molecule has 128 valence electrons. The second kappa shape index (κ2) is 7.13. The summed E-state index contributed by atoms with van der Waals surface area (Å²) in [5.41, 5.74) is 2.34. The van der Waals surface area contributed by atoms with Gasteiger partial charge >= 0.3 is 0 Å². The number of nitrogens with zero attached hydrogens (tertiary/aromatic N) is 2. The molecule has 1 aliphatic heterocycles. The second-order valence-corrected chi connectivity index (χ2v) is 6.33. The molecule has 0 saturated carbocycles. The summed E-state index contributed by atoms with van der Waals surface area (Å²) in [4.78, 5) is 15.1. The van der Waals surface area contributed by atoms with Gasteiger partial charge in [-0.05, 0) is 50.6 Å². The van der Waals surface area contributed by atoms with Gasteiger partial charge in [0.25, 0.3) is 0 Å². The van der Waals surface area contributed by atoms with Crippen molar-refractivity contribution in [1.29, 1.82) is 0 Å². The van der Waals surface area contributed by atoms with Crippen molar-refractivity contribution in [3.05, 3.63) is 47.0 Å². The lowest BCUT2D eigenvalue weighted by molar-refractivity contribution is 0.0806. The number of aromatic amines is 1. The van der Waals surface area contributed by atoms with E-state index >= 15 is 0 Å². The number of rotatable bonds is 5. The van der Waals surface area contributed by atoms with Crippen molar-refractivity contribution in [2.75, 3.05) is 20.2 Å². The molecule has 1 aliphatic rings. The molecule has 2 heterocycles. The van der Waals surface area contributed by atoms with Gasteiger partial charge in [0.05, 0.1) is 18.4 Å². The molecular formula is C18H22FN3O2. The van der Waals surface area contributed by atoms with Crippen molar-refractivity contribution in [3.8, 4) is 5.75 Å². The van der Waals surface area contributed by atoms with E-state index in [1.807, 2.05) is 13.0 Å². The van der Waals surface area contributed by atoms with Gasteiger partial charge in [-0.3, -0.25) is 14.8 Å². The summed E-state index contributed by atoms with van der Waals surface area (Å²) >= 11 is 0. The number of aromatic nitrogens is 2. The maximum atomic E-state index is 13.5. The third-order valence-electron chi connectivity index (χ3n) is 4.45. The van der Waals surface area contributed by atoms with Crippen LogP contribution in [0.3, 0.4) is 0 Å². The number of carbonyl (C=O) groups is 1. The number of likely N-dealkylation sites (tertiary alicyclic amines) is 1. The van der Waals surface area contributed by atoms with Crippen molar-refractivity contribution in [1.82, 2.24) is 15.1 Å². The molecule has 0 bridgehead atoms. The Balaban J connectivity index is 1.72. The van der Waals surface area contributed by atoms with Crippen LogP contribution in [0, 0.1) is 18.7 Å². The van der Waals surface area contributed by atoms with Gasteiger partial charge in [-0.15, -0.1) is 0 Å². The van der Waals surface area contributed by atoms with E-state index < -0.39 is 5.82 Å². The number of aryl methyl sites for hydroxylation is 1. The van der Waals surface area contributed by atoms with Gasteiger partial charge in [0.15, 0.2) is 5.78 Å². The molecule has 1 N–H and O–H groups in total. The predicted octanol–water partition coefficient (Wildman–Crippen LogP) is 2.96. The molecule has 1 atom stereocenters. The third-order valence-corrected chi connectivity index (χ3v) is 4.45. The van der Waals surface area contributed by atoms with Gasteiger partial charge in [-0.2, -0.15) is 5.10 Å². The molecule has 1 saturated heterocycles. The lowest BCUT2D eigenvalue weighted by Gasteiger charge is -2.31. The zero-order chi connectivity index (χ0) is 17.1. The quantitative estimate of drug-likeness (QED) is 0.856. The smallest absolute Gasteiger partial charge is 0.171 e. The molecule has 6 heteroatoms. The number of hydrogen-bond acceptors (Lipinski definition) is 4. The molecule has 2 aromatic rings. The molecule has 0 spiro atoms. The Kier molecular flexibility index (Phi) is 4.94. The van der Waals surface area contributed by atoms with E-state index in [1.54, 1.807) is 0 Å². The fraction of sp³-hybridized carbons (Fsp3) is 0.444. The zero-order valence-electron chi connectivity index (χ0n) is 14.0. The molecule has 0 radical (unpaired) electrons. The SMILES string of the molecule is COc1ccc(F)cc1C(=O)[C@@H]1CCCN(Cc2cc(C)[nH]n2)C1. The first-order chi connectivity index (χ1) is 11.6. The molecule has 0 amide bonds. The summed E-state index contributed by atoms with van der Waals surface area (Å²) in [7, 11) is 1.50. The number of benzene rings is 1. The Morgan fingerprint density at radius 1 is 1.46 bits per heavy atom. The molecule has 0 aliphatic carbocycles. The number of methoxy groups -OCH3 is 1. The third kappa shape index (κ3) is 3.64. The van der Waals surface area contributed by atoms with Crippen LogP contribution >= 0.6 is 0 Å². The maximum Gasteiger partial charge on any atom is 0.171 e. The van der Waals surface area contributed by atoms with Crippen LogP contribution in [0.15, 0.2) is 24.3 Å². The fourth-order valence-corrected chi connectivity index (χ4v) is 3.29. The van der Waals surface area contributed by atoms with Crippen LogP contribution in [-0.2, 0) is 6.54 Å². The first-order valence-corrected chi connectivity index (χ1v) is 8.18. The van der Waals surface area contributed by atoms with Crippen LogP contribution < -0.4 is 4.74 Å². The van der Waals surface area contributed by atoms with E-state index in [1.165, 1.54) is 25.3 Å². The highest BCUT2D eigenvalue weighted by molar-refractivity contribution is 6.00. The minimum Gasteiger partial charge on any atom is -0.496 e. The Labute approximate surface area is 140 Å². The summed E-state index contributed by atoms with van der Waals surface area (Å²) in [5.74, 6) is -0.177. The highest BCUT2D eigenvalue weighted by Gasteiger charge is 2.28. The summed E-state index contributed by atoms with van der Waals surface area (Å²) in [6.07, 6.45) is 1.76. The molecule has 1 fully saturated rings. The molecular weight excluding hydrogens is 309 g/mol. The highest BCUT2D eigenvalue weighted by Crippen LogP contribution is 2.27. The van der Waals surface area contributed by atoms with Crippen LogP contribution in [0.25, 0.3) is 0 Å². The monoisotopic (exact) mass is 331 g/mol. The maximum absolute atomic E-state index is 13.5. The number of hydrogen-bond donors (Lipinski definition) is 1. The number of nitrogens with one attached hydrogen (secondary N) is 1. The van der Waals surface area contributed by atoms with E-state index in [-0.39, 0.29) is 11.7 Å². The van der Waals surface area contributed by atoms with Crippen molar-refractivity contribution in [2.45, 2.75) is 26.3 Å². The van der Waals surface area contributed by atoms with Gasteiger partial charge in [0.1, 0.15) is 11.6 Å². The van der Waals surface area contributed by atoms with Gasteiger partial charge in [0, 0.05) is 24.7 Å². The Morgan fingerprint density at radius 2 is 2.29 bits per heavy atom. The summed E-state index contributed by atoms with van der Waals surface area (Å²) in [6, 6.07) is 6.11. The lowest BCUT2D eigenvalue weighted by Crippen LogP contribution is -2.38. The van der Waals surface area contributed by atoms with Crippen molar-refractivity contribution >= 4 is 5.78 Å². The number of H-pyrrole nitrogens is 1. The van der Waals surface area contributed by atoms with E-state index in [2.05, 4.69) is 15.1 Å². The van der Waals surface area contributed by atoms with Crippen molar-refractivity contribution in [2.24, 2.45) is 5.92 Å². The largest absolute Gasteiger partial charge is 0.496 e. The summed E-state index contributed by atoms with van der Waals surface area (Å²) in [6.45, 7) is 4.28. The summed E-state index contributed by atoms with van der Waals surface area (Å²) in [5, 5.41) is 7.19. The van der Waals surface area contributed by atoms with Crippen LogP contribution in [0.5, 0.6) is 5.75 Å². The average molecular weight is 331 g/mol. The normalized spacial score (nSPS) is 18.5. The molecule has 5 nitrogen and oxygen atoms in total. The lowest BCUT2D eigenvalue weighted by atomic mass is 9.89. The fourth-order valence-electron chi connectivity index (χ4n) is 3.29. The van der Waals surface area contributed by atoms with Gasteiger partial charge in [-0.1, -0.05) is 0 Å². The van der Waals surface area contributed by atoms with Gasteiger partial charge in [-0.25, -0.2) is 4.39 Å². The minimum absolute atomic E-state index is 0.0470. The van der Waals surface area contributed by atoms with Crippen LogP contribution in [0.2, 0.25) is 0 Å². The van der Waals surface area contributed by atoms with Crippen LogP contribution in [0.1, 0.15) is 34.6 Å². The van der Waals surface area contributed by atoms with E-state index in [0.29, 0.717) is 24.4 Å². The molecule has 0 unspecified atom stereocenters. The minimum atomic E-state index is -0.418.